The van der Waals surface area contributed by atoms with Crippen LogP contribution >= 0.6 is 0 Å². The molecule has 0 atom stereocenters. The van der Waals surface area contributed by atoms with Crippen LogP contribution in [0.5, 0.6) is 0 Å². The topological polar surface area (TPSA) is 0 Å². The van der Waals surface area contributed by atoms with Gasteiger partial charge in [-0.3, -0.25) is 0 Å². The van der Waals surface area contributed by atoms with Crippen molar-refractivity contribution in [3.63, 3.8) is 0 Å². The van der Waals surface area contributed by atoms with E-state index in [1.54, 1.807) is 12.1 Å². The van der Waals surface area contributed by atoms with Crippen LogP contribution in [0.25, 0.3) is 6.08 Å². The molecule has 0 nitrogen and oxygen atoms in total. The Kier molecular flexibility index (Phi) is 5.73. The molecule has 0 saturated heterocycles. The predicted molar refractivity (Wildman–Crippen MR) is 96.9 cm³/mol. The lowest BCUT2D eigenvalue weighted by molar-refractivity contribution is 0.158. The lowest BCUT2D eigenvalue weighted by Crippen LogP contribution is -2.25. The molecule has 1 aromatic rings. The highest BCUT2D eigenvalue weighted by atomic mass is 19.2. The second-order valence-electron chi connectivity index (χ2n) is 7.88. The van der Waals surface area contributed by atoms with Crippen LogP contribution in [0.1, 0.15) is 81.8 Å². The predicted octanol–water partition coefficient (Wildman–Crippen LogP) is 7.10. The first-order chi connectivity index (χ1) is 11.6. The first-order valence-electron chi connectivity index (χ1n) is 9.74. The van der Waals surface area contributed by atoms with Crippen LogP contribution < -0.4 is 0 Å². The first kappa shape index (κ1) is 17.6. The van der Waals surface area contributed by atoms with Gasteiger partial charge in [-0.1, -0.05) is 51.0 Å². The molecule has 0 bridgehead atoms. The quantitative estimate of drug-likeness (QED) is 0.551. The highest BCUT2D eigenvalue weighted by molar-refractivity contribution is 5.49. The van der Waals surface area contributed by atoms with E-state index < -0.39 is 11.6 Å². The summed E-state index contributed by atoms with van der Waals surface area (Å²) in [5.74, 6) is 1.42. The third-order valence-electron chi connectivity index (χ3n) is 6.71. The largest absolute Gasteiger partial charge is 0.203 e. The van der Waals surface area contributed by atoms with E-state index in [1.807, 2.05) is 0 Å². The summed E-state index contributed by atoms with van der Waals surface area (Å²) in [4.78, 5) is 0. The minimum absolute atomic E-state index is 0.182. The molecule has 2 heteroatoms. The summed E-state index contributed by atoms with van der Waals surface area (Å²) in [6.07, 6.45) is 12.6. The molecule has 132 valence electrons. The van der Waals surface area contributed by atoms with E-state index in [4.69, 9.17) is 0 Å². The average Bonchev–Trinajstić information content (AvgIpc) is 2.64. The van der Waals surface area contributed by atoms with E-state index in [0.717, 1.165) is 30.6 Å². The van der Waals surface area contributed by atoms with Crippen LogP contribution in [-0.4, -0.2) is 0 Å². The van der Waals surface area contributed by atoms with Gasteiger partial charge in [-0.25, -0.2) is 8.78 Å². The summed E-state index contributed by atoms with van der Waals surface area (Å²) in [7, 11) is 0. The number of hydrogen-bond donors (Lipinski definition) is 0. The van der Waals surface area contributed by atoms with Gasteiger partial charge in [-0.15, -0.1) is 0 Å². The van der Waals surface area contributed by atoms with Gasteiger partial charge in [-0.2, -0.15) is 0 Å². The van der Waals surface area contributed by atoms with Gasteiger partial charge in [0.05, 0.1) is 0 Å². The minimum Gasteiger partial charge on any atom is -0.203 e. The standard InChI is InChI=1S/C22H30F2/c1-3-15-5-7-17(8-6-15)18-9-11-19(12-10-18)20-14-13-16(4-2)21(23)22(20)24/h4,13-15,17-19H,2-3,5-12H2,1H3. The maximum absolute atomic E-state index is 14.3. The van der Waals surface area contributed by atoms with Crippen LogP contribution in [-0.2, 0) is 0 Å². The molecule has 0 heterocycles. The van der Waals surface area contributed by atoms with E-state index in [9.17, 15) is 8.78 Å². The third kappa shape index (κ3) is 3.58. The molecule has 3 rings (SSSR count). The summed E-state index contributed by atoms with van der Waals surface area (Å²) in [6.45, 7) is 5.85. The van der Waals surface area contributed by atoms with Gasteiger partial charge >= 0.3 is 0 Å². The third-order valence-corrected chi connectivity index (χ3v) is 6.71. The van der Waals surface area contributed by atoms with E-state index in [0.29, 0.717) is 5.56 Å². The van der Waals surface area contributed by atoms with Crippen LogP contribution in [0.2, 0.25) is 0 Å². The Labute approximate surface area is 145 Å². The van der Waals surface area contributed by atoms with Gasteiger partial charge in [0.2, 0.25) is 0 Å². The fourth-order valence-corrected chi connectivity index (χ4v) is 5.02. The van der Waals surface area contributed by atoms with E-state index in [2.05, 4.69) is 13.5 Å². The van der Waals surface area contributed by atoms with Gasteiger partial charge in [0, 0.05) is 5.56 Å². The fraction of sp³-hybridized carbons (Fsp3) is 0.636. The van der Waals surface area contributed by atoms with E-state index >= 15 is 0 Å². The maximum atomic E-state index is 14.3. The van der Waals surface area contributed by atoms with E-state index in [-0.39, 0.29) is 11.5 Å². The van der Waals surface area contributed by atoms with Crippen LogP contribution in [0.15, 0.2) is 18.7 Å². The molecule has 2 fully saturated rings. The molecule has 0 radical (unpaired) electrons. The summed E-state index contributed by atoms with van der Waals surface area (Å²) in [6, 6.07) is 3.44. The Bertz CT molecular complexity index is 562. The second kappa shape index (κ2) is 7.80. The van der Waals surface area contributed by atoms with Crippen molar-refractivity contribution >= 4 is 6.08 Å². The normalized spacial score (nSPS) is 31.0. The molecule has 1 aromatic carbocycles. The molecule has 0 N–H and O–H groups in total. The van der Waals surface area contributed by atoms with Gasteiger partial charge in [-0.05, 0) is 67.8 Å². The van der Waals surface area contributed by atoms with E-state index in [1.165, 1.54) is 51.0 Å². The zero-order valence-electron chi connectivity index (χ0n) is 14.9. The second-order valence-corrected chi connectivity index (χ2v) is 7.88. The van der Waals surface area contributed by atoms with Crippen LogP contribution in [0.3, 0.4) is 0 Å². The first-order valence-corrected chi connectivity index (χ1v) is 9.74. The number of benzene rings is 1. The average molecular weight is 332 g/mol. The van der Waals surface area contributed by atoms with Crippen LogP contribution in [0.4, 0.5) is 8.78 Å². The van der Waals surface area contributed by atoms with Gasteiger partial charge < -0.3 is 0 Å². The molecule has 0 aliphatic heterocycles. The number of halogens is 2. The Morgan fingerprint density at radius 2 is 1.50 bits per heavy atom. The summed E-state index contributed by atoms with van der Waals surface area (Å²) in [5.41, 5.74) is 0.837. The highest BCUT2D eigenvalue weighted by Crippen LogP contribution is 2.44. The molecule has 2 aliphatic rings. The zero-order valence-corrected chi connectivity index (χ0v) is 14.9. The summed E-state index contributed by atoms with van der Waals surface area (Å²) >= 11 is 0. The van der Waals surface area contributed by atoms with Crippen molar-refractivity contribution in [2.45, 2.75) is 70.6 Å². The maximum Gasteiger partial charge on any atom is 0.166 e. The molecule has 0 unspecified atom stereocenters. The van der Waals surface area contributed by atoms with Crippen LogP contribution in [0, 0.1) is 29.4 Å². The summed E-state index contributed by atoms with van der Waals surface area (Å²) < 4.78 is 28.4. The van der Waals surface area contributed by atoms with Crippen molar-refractivity contribution in [3.8, 4) is 0 Å². The van der Waals surface area contributed by atoms with Gasteiger partial charge in [0.15, 0.2) is 11.6 Å². The SMILES string of the molecule is C=Cc1ccc(C2CCC(C3CCC(CC)CC3)CC2)c(F)c1F. The Balaban J connectivity index is 1.59. The monoisotopic (exact) mass is 332 g/mol. The molecule has 0 amide bonds. The molecular formula is C22H30F2. The molecular weight excluding hydrogens is 302 g/mol. The van der Waals surface area contributed by atoms with Gasteiger partial charge in [0.1, 0.15) is 0 Å². The number of rotatable bonds is 4. The lowest BCUT2D eigenvalue weighted by Gasteiger charge is -2.38. The highest BCUT2D eigenvalue weighted by Gasteiger charge is 2.32. The van der Waals surface area contributed by atoms with Crippen molar-refractivity contribution in [2.24, 2.45) is 17.8 Å². The smallest absolute Gasteiger partial charge is 0.166 e. The van der Waals surface area contributed by atoms with Gasteiger partial charge in [0.25, 0.3) is 0 Å². The Hall–Kier alpha value is -1.18. The Morgan fingerprint density at radius 1 is 0.917 bits per heavy atom. The number of hydrogen-bond acceptors (Lipinski definition) is 0. The minimum atomic E-state index is -0.734. The zero-order chi connectivity index (χ0) is 17.1. The van der Waals surface area contributed by atoms with Crippen molar-refractivity contribution in [3.05, 3.63) is 41.5 Å². The molecule has 0 spiro atoms. The Morgan fingerprint density at radius 3 is 2.04 bits per heavy atom. The fourth-order valence-electron chi connectivity index (χ4n) is 5.02. The summed E-state index contributed by atoms with van der Waals surface area (Å²) in [5, 5.41) is 0. The lowest BCUT2D eigenvalue weighted by atomic mass is 9.68. The molecule has 2 saturated carbocycles. The van der Waals surface area contributed by atoms with Crippen molar-refractivity contribution in [2.75, 3.05) is 0 Å². The molecule has 24 heavy (non-hydrogen) atoms. The molecule has 2 aliphatic carbocycles. The van der Waals surface area contributed by atoms with Crippen molar-refractivity contribution in [1.29, 1.82) is 0 Å². The molecule has 0 aromatic heterocycles. The van der Waals surface area contributed by atoms with Crippen molar-refractivity contribution < 1.29 is 8.78 Å². The van der Waals surface area contributed by atoms with Crippen molar-refractivity contribution in [1.82, 2.24) is 0 Å².